The highest BCUT2D eigenvalue weighted by molar-refractivity contribution is 6.32. The SMILES string of the molecule is O=C(c1cc(F)cc(Cl)c1O)N1CCCC(c2ccncc2)C1. The van der Waals surface area contributed by atoms with Crippen molar-refractivity contribution in [2.75, 3.05) is 13.1 Å². The highest BCUT2D eigenvalue weighted by Crippen LogP contribution is 2.32. The maximum atomic E-state index is 13.5. The molecule has 2 aromatic rings. The van der Waals surface area contributed by atoms with Gasteiger partial charge in [0.05, 0.1) is 10.6 Å². The number of pyridine rings is 1. The molecule has 1 atom stereocenters. The smallest absolute Gasteiger partial charge is 0.257 e. The summed E-state index contributed by atoms with van der Waals surface area (Å²) in [6.45, 7) is 1.10. The molecule has 4 nitrogen and oxygen atoms in total. The maximum absolute atomic E-state index is 13.5. The fourth-order valence-corrected chi connectivity index (χ4v) is 3.17. The van der Waals surface area contributed by atoms with Gasteiger partial charge in [0, 0.05) is 31.4 Å². The van der Waals surface area contributed by atoms with Crippen LogP contribution in [0.15, 0.2) is 36.7 Å². The molecule has 2 heterocycles. The molecule has 0 radical (unpaired) electrons. The van der Waals surface area contributed by atoms with Gasteiger partial charge in [0.15, 0.2) is 0 Å². The Morgan fingerprint density at radius 2 is 2.09 bits per heavy atom. The third-order valence-electron chi connectivity index (χ3n) is 4.14. The van der Waals surface area contributed by atoms with Gasteiger partial charge in [-0.2, -0.15) is 0 Å². The second-order valence-electron chi connectivity index (χ2n) is 5.65. The summed E-state index contributed by atoms with van der Waals surface area (Å²) in [5, 5.41) is 9.80. The van der Waals surface area contributed by atoms with Crippen LogP contribution >= 0.6 is 11.6 Å². The summed E-state index contributed by atoms with van der Waals surface area (Å²) < 4.78 is 13.5. The van der Waals surface area contributed by atoms with E-state index in [9.17, 15) is 14.3 Å². The Kier molecular flexibility index (Phi) is 4.48. The van der Waals surface area contributed by atoms with E-state index in [1.54, 1.807) is 17.3 Å². The zero-order valence-electron chi connectivity index (χ0n) is 12.4. The van der Waals surface area contributed by atoms with E-state index in [0.29, 0.717) is 13.1 Å². The summed E-state index contributed by atoms with van der Waals surface area (Å²) in [6.07, 6.45) is 5.29. The van der Waals surface area contributed by atoms with Crippen LogP contribution in [-0.4, -0.2) is 34.0 Å². The van der Waals surface area contributed by atoms with Gasteiger partial charge in [-0.05, 0) is 42.7 Å². The van der Waals surface area contributed by atoms with Gasteiger partial charge in [-0.1, -0.05) is 11.6 Å². The molecule has 0 aliphatic carbocycles. The zero-order chi connectivity index (χ0) is 16.4. The minimum absolute atomic E-state index is 0.0922. The van der Waals surface area contributed by atoms with Crippen molar-refractivity contribution in [1.82, 2.24) is 9.88 Å². The van der Waals surface area contributed by atoms with E-state index in [1.165, 1.54) is 0 Å². The second kappa shape index (κ2) is 6.54. The molecular weight excluding hydrogens is 319 g/mol. The lowest BCUT2D eigenvalue weighted by Crippen LogP contribution is -2.39. The number of carbonyl (C=O) groups excluding carboxylic acids is 1. The number of rotatable bonds is 2. The first-order valence-corrected chi connectivity index (χ1v) is 7.81. The lowest BCUT2D eigenvalue weighted by atomic mass is 9.91. The zero-order valence-corrected chi connectivity index (χ0v) is 13.1. The molecule has 3 rings (SSSR count). The fraction of sp³-hybridized carbons (Fsp3) is 0.294. The van der Waals surface area contributed by atoms with Gasteiger partial charge in [0.1, 0.15) is 11.6 Å². The first-order chi connectivity index (χ1) is 11.1. The molecule has 1 aliphatic heterocycles. The monoisotopic (exact) mass is 334 g/mol. The predicted octanol–water partition coefficient (Wildman–Crippen LogP) is 3.60. The molecule has 1 aliphatic rings. The molecule has 1 unspecified atom stereocenters. The third kappa shape index (κ3) is 3.29. The Morgan fingerprint density at radius 1 is 1.35 bits per heavy atom. The van der Waals surface area contributed by atoms with Crippen LogP contribution in [0, 0.1) is 5.82 Å². The molecule has 23 heavy (non-hydrogen) atoms. The second-order valence-corrected chi connectivity index (χ2v) is 6.06. The van der Waals surface area contributed by atoms with Gasteiger partial charge >= 0.3 is 0 Å². The Bertz CT molecular complexity index is 724. The minimum Gasteiger partial charge on any atom is -0.506 e. The van der Waals surface area contributed by atoms with Crippen molar-refractivity contribution in [3.63, 3.8) is 0 Å². The molecule has 0 spiro atoms. The number of nitrogens with zero attached hydrogens (tertiary/aromatic N) is 2. The number of phenolic OH excluding ortho intramolecular Hbond substituents is 1. The molecule has 0 bridgehead atoms. The van der Waals surface area contributed by atoms with E-state index in [-0.39, 0.29) is 22.3 Å². The van der Waals surface area contributed by atoms with Crippen LogP contribution in [0.1, 0.15) is 34.7 Å². The van der Waals surface area contributed by atoms with Crippen molar-refractivity contribution in [2.24, 2.45) is 0 Å². The van der Waals surface area contributed by atoms with E-state index >= 15 is 0 Å². The summed E-state index contributed by atoms with van der Waals surface area (Å²) in [7, 11) is 0. The van der Waals surface area contributed by atoms with Crippen LogP contribution < -0.4 is 0 Å². The van der Waals surface area contributed by atoms with Crippen molar-refractivity contribution < 1.29 is 14.3 Å². The molecule has 1 aromatic heterocycles. The van der Waals surface area contributed by atoms with Crippen molar-refractivity contribution in [3.05, 3.63) is 58.6 Å². The van der Waals surface area contributed by atoms with Crippen LogP contribution in [-0.2, 0) is 0 Å². The third-order valence-corrected chi connectivity index (χ3v) is 4.43. The highest BCUT2D eigenvalue weighted by Gasteiger charge is 2.27. The van der Waals surface area contributed by atoms with E-state index < -0.39 is 11.7 Å². The number of aromatic hydroxyl groups is 1. The molecule has 1 amide bonds. The fourth-order valence-electron chi connectivity index (χ4n) is 2.97. The first-order valence-electron chi connectivity index (χ1n) is 7.43. The molecule has 6 heteroatoms. The molecule has 1 fully saturated rings. The molecular formula is C17H16ClFN2O2. The average molecular weight is 335 g/mol. The summed E-state index contributed by atoms with van der Waals surface area (Å²) in [5.74, 6) is -1.20. The summed E-state index contributed by atoms with van der Waals surface area (Å²) in [5.41, 5.74) is 1.03. The molecule has 1 saturated heterocycles. The number of likely N-dealkylation sites (tertiary alicyclic amines) is 1. The number of carbonyl (C=O) groups is 1. The van der Waals surface area contributed by atoms with Gasteiger partial charge in [-0.25, -0.2) is 4.39 Å². The van der Waals surface area contributed by atoms with Gasteiger partial charge in [-0.3, -0.25) is 9.78 Å². The number of hydrogen-bond acceptors (Lipinski definition) is 3. The van der Waals surface area contributed by atoms with E-state index in [4.69, 9.17) is 11.6 Å². The summed E-state index contributed by atoms with van der Waals surface area (Å²) in [4.78, 5) is 18.3. The van der Waals surface area contributed by atoms with Crippen LogP contribution in [0.3, 0.4) is 0 Å². The summed E-state index contributed by atoms with van der Waals surface area (Å²) >= 11 is 5.76. The number of halogens is 2. The van der Waals surface area contributed by atoms with Gasteiger partial charge in [-0.15, -0.1) is 0 Å². The molecule has 0 saturated carbocycles. The quantitative estimate of drug-likeness (QED) is 0.913. The van der Waals surface area contributed by atoms with E-state index in [0.717, 1.165) is 30.5 Å². The number of piperidine rings is 1. The molecule has 1 aromatic carbocycles. The number of benzene rings is 1. The summed E-state index contributed by atoms with van der Waals surface area (Å²) in [6, 6.07) is 5.90. The van der Waals surface area contributed by atoms with Crippen LogP contribution in [0.25, 0.3) is 0 Å². The van der Waals surface area contributed by atoms with Gasteiger partial charge < -0.3 is 10.0 Å². The van der Waals surface area contributed by atoms with Crippen molar-refractivity contribution in [1.29, 1.82) is 0 Å². The van der Waals surface area contributed by atoms with Crippen LogP contribution in [0.4, 0.5) is 4.39 Å². The Hall–Kier alpha value is -2.14. The van der Waals surface area contributed by atoms with Crippen molar-refractivity contribution in [3.8, 4) is 5.75 Å². The molecule has 120 valence electrons. The minimum atomic E-state index is -0.640. The van der Waals surface area contributed by atoms with Gasteiger partial charge in [0.2, 0.25) is 0 Å². The highest BCUT2D eigenvalue weighted by atomic mass is 35.5. The lowest BCUT2D eigenvalue weighted by molar-refractivity contribution is 0.0703. The Balaban J connectivity index is 1.83. The van der Waals surface area contributed by atoms with Crippen molar-refractivity contribution >= 4 is 17.5 Å². The van der Waals surface area contributed by atoms with Crippen LogP contribution in [0.2, 0.25) is 5.02 Å². The topological polar surface area (TPSA) is 53.4 Å². The van der Waals surface area contributed by atoms with Crippen molar-refractivity contribution in [2.45, 2.75) is 18.8 Å². The van der Waals surface area contributed by atoms with E-state index in [2.05, 4.69) is 4.98 Å². The number of amides is 1. The average Bonchev–Trinajstić information content (AvgIpc) is 2.58. The Morgan fingerprint density at radius 3 is 2.83 bits per heavy atom. The number of phenols is 1. The molecule has 1 N–H and O–H groups in total. The normalized spacial score (nSPS) is 18.0. The van der Waals surface area contributed by atoms with Crippen LogP contribution in [0.5, 0.6) is 5.75 Å². The van der Waals surface area contributed by atoms with E-state index in [1.807, 2.05) is 12.1 Å². The number of hydrogen-bond donors (Lipinski definition) is 1. The predicted molar refractivity (Wildman–Crippen MR) is 85.2 cm³/mol. The standard InChI is InChI=1S/C17H16ClFN2O2/c18-15-9-13(19)8-14(16(15)22)17(23)21-7-1-2-12(10-21)11-3-5-20-6-4-11/h3-6,8-9,12,22H,1-2,7,10H2. The maximum Gasteiger partial charge on any atom is 0.257 e. The lowest BCUT2D eigenvalue weighted by Gasteiger charge is -2.33. The van der Waals surface area contributed by atoms with Gasteiger partial charge in [0.25, 0.3) is 5.91 Å². The largest absolute Gasteiger partial charge is 0.506 e. The Labute approximate surface area is 138 Å². The number of aromatic nitrogens is 1. The first kappa shape index (κ1) is 15.7.